The van der Waals surface area contributed by atoms with Crippen molar-refractivity contribution >= 4 is 29.3 Å². The van der Waals surface area contributed by atoms with Gasteiger partial charge in [-0.3, -0.25) is 0 Å². The van der Waals surface area contributed by atoms with Gasteiger partial charge >= 0.3 is 0 Å². The van der Waals surface area contributed by atoms with Crippen molar-refractivity contribution in [3.05, 3.63) is 101 Å². The predicted molar refractivity (Wildman–Crippen MR) is 139 cm³/mol. The van der Waals surface area contributed by atoms with E-state index < -0.39 is 6.67 Å². The minimum atomic E-state index is -0.490. The van der Waals surface area contributed by atoms with Gasteiger partial charge in [0.05, 0.1) is 19.1 Å². The molecule has 0 aliphatic rings. The highest BCUT2D eigenvalue weighted by Gasteiger charge is 2.00. The number of alkyl halides is 1. The van der Waals surface area contributed by atoms with Crippen LogP contribution < -0.4 is 5.32 Å². The third kappa shape index (κ3) is 12.9. The van der Waals surface area contributed by atoms with E-state index in [1.54, 1.807) is 43.8 Å². The average Bonchev–Trinajstić information content (AvgIpc) is 2.80. The summed E-state index contributed by atoms with van der Waals surface area (Å²) in [6.45, 7) is 9.31. The number of aryl methyl sites for hydroxylation is 1. The number of aliphatic imine (C=N–C) groups is 2. The van der Waals surface area contributed by atoms with Crippen LogP contribution in [0.2, 0.25) is 5.02 Å². The highest BCUT2D eigenvalue weighted by atomic mass is 35.5. The third-order valence-corrected chi connectivity index (χ3v) is 4.45. The van der Waals surface area contributed by atoms with Gasteiger partial charge in [0.25, 0.3) is 0 Å². The zero-order valence-electron chi connectivity index (χ0n) is 19.5. The van der Waals surface area contributed by atoms with Crippen LogP contribution in [0, 0.1) is 6.92 Å². The molecular weight excluding hydrogens is 441 g/mol. The van der Waals surface area contributed by atoms with E-state index in [0.717, 1.165) is 22.6 Å². The van der Waals surface area contributed by atoms with Crippen molar-refractivity contribution in [2.75, 3.05) is 25.7 Å². The number of anilines is 1. The van der Waals surface area contributed by atoms with E-state index >= 15 is 0 Å². The number of rotatable bonds is 13. The van der Waals surface area contributed by atoms with Crippen molar-refractivity contribution in [1.82, 2.24) is 0 Å². The Kier molecular flexibility index (Phi) is 13.6. The van der Waals surface area contributed by atoms with Crippen LogP contribution >= 0.6 is 11.6 Å². The molecule has 0 heterocycles. The van der Waals surface area contributed by atoms with Crippen LogP contribution in [0.15, 0.2) is 101 Å². The zero-order valence-corrected chi connectivity index (χ0v) is 20.3. The van der Waals surface area contributed by atoms with E-state index in [1.807, 2.05) is 45.0 Å². The molecule has 5 nitrogen and oxygen atoms in total. The third-order valence-electron chi connectivity index (χ3n) is 4.03. The lowest BCUT2D eigenvalue weighted by atomic mass is 10.2. The molecule has 0 amide bonds. The van der Waals surface area contributed by atoms with Gasteiger partial charge in [0.15, 0.2) is 0 Å². The van der Waals surface area contributed by atoms with Crippen LogP contribution in [0.1, 0.15) is 19.4 Å². The Morgan fingerprint density at radius 2 is 2.00 bits per heavy atom. The molecule has 0 atom stereocenters. The van der Waals surface area contributed by atoms with Crippen molar-refractivity contribution < 1.29 is 13.9 Å². The Balaban J connectivity index is 2.75. The van der Waals surface area contributed by atoms with E-state index in [1.165, 1.54) is 12.4 Å². The highest BCUT2D eigenvalue weighted by Crippen LogP contribution is 2.20. The lowest BCUT2D eigenvalue weighted by Crippen LogP contribution is -1.98. The first-order valence-corrected chi connectivity index (χ1v) is 10.6. The molecule has 33 heavy (non-hydrogen) atoms. The first-order chi connectivity index (χ1) is 15.8. The van der Waals surface area contributed by atoms with Gasteiger partial charge in [-0.2, -0.15) is 0 Å². The fraction of sp³-hybridized carbons (Fsp3) is 0.231. The minimum Gasteiger partial charge on any atom is -0.501 e. The lowest BCUT2D eigenvalue weighted by Gasteiger charge is -2.08. The van der Waals surface area contributed by atoms with Gasteiger partial charge < -0.3 is 14.8 Å². The predicted octanol–water partition coefficient (Wildman–Crippen LogP) is 7.11. The molecule has 0 saturated heterocycles. The van der Waals surface area contributed by atoms with Crippen LogP contribution in [0.25, 0.3) is 0 Å². The number of nitrogens with zero attached hydrogens (tertiary/aromatic N) is 2. The Morgan fingerprint density at radius 3 is 2.70 bits per heavy atom. The van der Waals surface area contributed by atoms with E-state index in [4.69, 9.17) is 21.1 Å². The summed E-state index contributed by atoms with van der Waals surface area (Å²) in [6.07, 6.45) is 14.8. The van der Waals surface area contributed by atoms with Crippen LogP contribution in [-0.4, -0.2) is 32.4 Å². The first kappa shape index (κ1) is 27.7. The maximum atomic E-state index is 12.0. The van der Waals surface area contributed by atoms with E-state index in [-0.39, 0.29) is 0 Å². The molecule has 0 aliphatic heterocycles. The number of benzene rings is 1. The number of methoxy groups -OCH3 is 1. The summed E-state index contributed by atoms with van der Waals surface area (Å²) in [5.41, 5.74) is 3.28. The Bertz CT molecular complexity index is 989. The van der Waals surface area contributed by atoms with Crippen molar-refractivity contribution in [3.8, 4) is 0 Å². The van der Waals surface area contributed by atoms with Crippen molar-refractivity contribution in [1.29, 1.82) is 0 Å². The second kappa shape index (κ2) is 16.3. The Labute approximate surface area is 201 Å². The molecule has 0 fully saturated rings. The number of nitrogens with one attached hydrogen (secondary N) is 1. The van der Waals surface area contributed by atoms with Crippen LogP contribution in [0.3, 0.4) is 0 Å². The van der Waals surface area contributed by atoms with E-state index in [0.29, 0.717) is 23.2 Å². The fourth-order valence-corrected chi connectivity index (χ4v) is 2.27. The first-order valence-electron chi connectivity index (χ1n) is 10.2. The van der Waals surface area contributed by atoms with Gasteiger partial charge in [-0.1, -0.05) is 42.5 Å². The SMILES string of the molecule is C=C(/C=C\C=C/CF)CO/C=C/C(C)=N\C=N/C(=C/C=C(\C)OC)Nc1ccc(Cl)c(C)c1. The standard InChI is InChI=1S/C26H31ClFN3O2/c1-20(9-7-6-8-15-28)18-33-16-14-22(3)29-19-30-26(13-10-23(4)32-5)31-24-11-12-25(27)21(2)17-24/h6-14,16-17,19,31H,1,15,18H2,2-5H3/b8-6-,9-7-,16-14+,23-10+,26-13-,29-22-,30-19-. The smallest absolute Gasteiger partial charge is 0.132 e. The molecule has 1 N–H and O–H groups in total. The minimum absolute atomic E-state index is 0.320. The van der Waals surface area contributed by atoms with Gasteiger partial charge in [0, 0.05) is 16.4 Å². The van der Waals surface area contributed by atoms with E-state index in [9.17, 15) is 4.39 Å². The van der Waals surface area contributed by atoms with Crippen molar-refractivity contribution in [3.63, 3.8) is 0 Å². The zero-order chi connectivity index (χ0) is 24.5. The summed E-state index contributed by atoms with van der Waals surface area (Å²) < 4.78 is 22.6. The monoisotopic (exact) mass is 471 g/mol. The van der Waals surface area contributed by atoms with E-state index in [2.05, 4.69) is 21.9 Å². The van der Waals surface area contributed by atoms with Crippen LogP contribution in [0.4, 0.5) is 10.1 Å². The molecule has 1 aromatic carbocycles. The summed E-state index contributed by atoms with van der Waals surface area (Å²) in [6, 6.07) is 5.64. The summed E-state index contributed by atoms with van der Waals surface area (Å²) in [7, 11) is 1.61. The van der Waals surface area contributed by atoms with Crippen LogP contribution in [-0.2, 0) is 9.47 Å². The molecule has 0 aromatic heterocycles. The maximum absolute atomic E-state index is 12.0. The van der Waals surface area contributed by atoms with Gasteiger partial charge in [0.1, 0.15) is 25.4 Å². The number of hydrogen-bond acceptors (Lipinski definition) is 4. The summed E-state index contributed by atoms with van der Waals surface area (Å²) in [5, 5.41) is 3.94. The summed E-state index contributed by atoms with van der Waals surface area (Å²) >= 11 is 6.10. The fourth-order valence-electron chi connectivity index (χ4n) is 2.15. The lowest BCUT2D eigenvalue weighted by molar-refractivity contribution is 0.284. The summed E-state index contributed by atoms with van der Waals surface area (Å²) in [4.78, 5) is 8.69. The number of ether oxygens (including phenoxy) is 2. The van der Waals surface area contributed by atoms with Crippen LogP contribution in [0.5, 0.6) is 0 Å². The highest BCUT2D eigenvalue weighted by molar-refractivity contribution is 6.31. The normalized spacial score (nSPS) is 13.6. The maximum Gasteiger partial charge on any atom is 0.132 e. The molecule has 0 unspecified atom stereocenters. The largest absolute Gasteiger partial charge is 0.501 e. The molecule has 0 radical (unpaired) electrons. The number of halogens is 2. The summed E-state index contributed by atoms with van der Waals surface area (Å²) in [5.74, 6) is 1.32. The molecule has 7 heteroatoms. The molecule has 176 valence electrons. The topological polar surface area (TPSA) is 55.2 Å². The van der Waals surface area contributed by atoms with Gasteiger partial charge in [-0.05, 0) is 68.3 Å². The van der Waals surface area contributed by atoms with Crippen molar-refractivity contribution in [2.45, 2.75) is 20.8 Å². The van der Waals surface area contributed by atoms with Gasteiger partial charge in [-0.25, -0.2) is 14.4 Å². The average molecular weight is 472 g/mol. The molecule has 0 bridgehead atoms. The number of hydrogen-bond donors (Lipinski definition) is 1. The molecule has 0 aliphatic carbocycles. The molecular formula is C26H31ClFN3O2. The van der Waals surface area contributed by atoms with Crippen molar-refractivity contribution in [2.24, 2.45) is 9.98 Å². The molecule has 1 rings (SSSR count). The number of allylic oxidation sites excluding steroid dienone is 7. The quantitative estimate of drug-likeness (QED) is 0.144. The molecule has 1 aromatic rings. The second-order valence-electron chi connectivity index (χ2n) is 6.85. The van der Waals surface area contributed by atoms with Gasteiger partial charge in [-0.15, -0.1) is 0 Å². The Hall–Kier alpha value is -3.38. The Morgan fingerprint density at radius 1 is 1.21 bits per heavy atom. The second-order valence-corrected chi connectivity index (χ2v) is 7.26. The molecule has 0 spiro atoms. The van der Waals surface area contributed by atoms with Gasteiger partial charge in [0.2, 0.25) is 0 Å². The molecule has 0 saturated carbocycles.